The smallest absolute Gasteiger partial charge is 0.307 e. The maximum Gasteiger partial charge on any atom is 0.307 e. The van der Waals surface area contributed by atoms with Gasteiger partial charge >= 0.3 is 5.97 Å². The SMILES string of the molecule is O=C(O)[C@H]1[C@H](C(=O)NCc2ccccc2F)[C@H]2C=C[C@H]1C2. The Morgan fingerprint density at radius 1 is 1.19 bits per heavy atom. The van der Waals surface area contributed by atoms with Crippen molar-refractivity contribution in [2.24, 2.45) is 23.7 Å². The van der Waals surface area contributed by atoms with Gasteiger partial charge in [-0.25, -0.2) is 4.39 Å². The molecule has 0 unspecified atom stereocenters. The fourth-order valence-electron chi connectivity index (χ4n) is 3.46. The third-order valence-corrected chi connectivity index (χ3v) is 4.46. The molecule has 2 bridgehead atoms. The molecule has 2 aliphatic rings. The van der Waals surface area contributed by atoms with Crippen LogP contribution in [0.4, 0.5) is 4.39 Å². The standard InChI is InChI=1S/C16H16FNO3/c17-12-4-2-1-3-11(12)8-18-15(19)13-9-5-6-10(7-9)14(13)16(20)21/h1-6,9-10,13-14H,7-8H2,(H,18,19)(H,20,21)/t9-,10-,13+,14+/m0/s1. The summed E-state index contributed by atoms with van der Waals surface area (Å²) in [5.41, 5.74) is 0.399. The number of amides is 1. The summed E-state index contributed by atoms with van der Waals surface area (Å²) in [6, 6.07) is 6.22. The summed E-state index contributed by atoms with van der Waals surface area (Å²) in [4.78, 5) is 23.7. The van der Waals surface area contributed by atoms with Gasteiger partial charge in [-0.2, -0.15) is 0 Å². The number of allylic oxidation sites excluding steroid dienone is 2. The number of halogens is 1. The number of benzene rings is 1. The highest BCUT2D eigenvalue weighted by Crippen LogP contribution is 2.48. The normalized spacial score (nSPS) is 29.6. The highest BCUT2D eigenvalue weighted by atomic mass is 19.1. The van der Waals surface area contributed by atoms with Gasteiger partial charge in [-0.3, -0.25) is 9.59 Å². The van der Waals surface area contributed by atoms with E-state index in [0.717, 1.165) is 6.42 Å². The first-order valence-electron chi connectivity index (χ1n) is 7.00. The van der Waals surface area contributed by atoms with Crippen molar-refractivity contribution in [3.8, 4) is 0 Å². The third kappa shape index (κ3) is 2.44. The average Bonchev–Trinajstić information content (AvgIpc) is 3.06. The summed E-state index contributed by atoms with van der Waals surface area (Å²) in [7, 11) is 0. The number of aliphatic carboxylic acids is 1. The molecular formula is C16H16FNO3. The van der Waals surface area contributed by atoms with Crippen LogP contribution >= 0.6 is 0 Å². The highest BCUT2D eigenvalue weighted by molar-refractivity contribution is 5.86. The molecule has 2 N–H and O–H groups in total. The zero-order valence-electron chi connectivity index (χ0n) is 11.3. The van der Waals surface area contributed by atoms with E-state index in [9.17, 15) is 19.1 Å². The number of carbonyl (C=O) groups excluding carboxylic acids is 1. The second kappa shape index (κ2) is 5.31. The fourth-order valence-corrected chi connectivity index (χ4v) is 3.46. The van der Waals surface area contributed by atoms with Crippen LogP contribution in [-0.4, -0.2) is 17.0 Å². The van der Waals surface area contributed by atoms with E-state index in [1.807, 2.05) is 12.2 Å². The first-order valence-corrected chi connectivity index (χ1v) is 7.00. The second-order valence-electron chi connectivity index (χ2n) is 5.65. The van der Waals surface area contributed by atoms with E-state index < -0.39 is 17.8 Å². The third-order valence-electron chi connectivity index (χ3n) is 4.46. The number of rotatable bonds is 4. The maximum absolute atomic E-state index is 13.5. The molecule has 1 fully saturated rings. The summed E-state index contributed by atoms with van der Waals surface area (Å²) >= 11 is 0. The zero-order chi connectivity index (χ0) is 15.0. The summed E-state index contributed by atoms with van der Waals surface area (Å²) in [6.07, 6.45) is 4.54. The molecule has 0 radical (unpaired) electrons. The van der Waals surface area contributed by atoms with Crippen molar-refractivity contribution in [2.75, 3.05) is 0 Å². The van der Waals surface area contributed by atoms with Crippen molar-refractivity contribution in [1.29, 1.82) is 0 Å². The van der Waals surface area contributed by atoms with Gasteiger partial charge < -0.3 is 10.4 Å². The number of carbonyl (C=O) groups is 2. The van der Waals surface area contributed by atoms with Crippen molar-refractivity contribution in [3.05, 3.63) is 47.8 Å². The van der Waals surface area contributed by atoms with E-state index in [1.54, 1.807) is 18.2 Å². The minimum absolute atomic E-state index is 0.0169. The van der Waals surface area contributed by atoms with E-state index in [2.05, 4.69) is 5.32 Å². The number of hydrogen-bond donors (Lipinski definition) is 2. The summed E-state index contributed by atoms with van der Waals surface area (Å²) in [5, 5.41) is 12.0. The lowest BCUT2D eigenvalue weighted by Crippen LogP contribution is -2.40. The molecule has 4 atom stereocenters. The Morgan fingerprint density at radius 2 is 1.86 bits per heavy atom. The molecule has 0 aliphatic heterocycles. The van der Waals surface area contributed by atoms with Crippen LogP contribution in [0.25, 0.3) is 0 Å². The Morgan fingerprint density at radius 3 is 2.52 bits per heavy atom. The average molecular weight is 289 g/mol. The van der Waals surface area contributed by atoms with Gasteiger partial charge in [-0.15, -0.1) is 0 Å². The van der Waals surface area contributed by atoms with Crippen molar-refractivity contribution >= 4 is 11.9 Å². The molecule has 2 aliphatic carbocycles. The van der Waals surface area contributed by atoms with Crippen LogP contribution in [0.1, 0.15) is 12.0 Å². The lowest BCUT2D eigenvalue weighted by molar-refractivity contribution is -0.147. The van der Waals surface area contributed by atoms with Crippen LogP contribution in [0.5, 0.6) is 0 Å². The quantitative estimate of drug-likeness (QED) is 0.833. The first-order chi connectivity index (χ1) is 10.1. The fraction of sp³-hybridized carbons (Fsp3) is 0.375. The zero-order valence-corrected chi connectivity index (χ0v) is 11.3. The van der Waals surface area contributed by atoms with Crippen LogP contribution in [0.15, 0.2) is 36.4 Å². The summed E-state index contributed by atoms with van der Waals surface area (Å²) in [6.45, 7) is 0.0788. The molecule has 0 heterocycles. The molecule has 3 rings (SSSR count). The number of fused-ring (bicyclic) bond motifs is 2. The molecule has 5 heteroatoms. The van der Waals surface area contributed by atoms with Gasteiger partial charge in [-0.1, -0.05) is 30.4 Å². The Labute approximate surface area is 121 Å². The monoisotopic (exact) mass is 289 g/mol. The predicted molar refractivity (Wildman–Crippen MR) is 73.6 cm³/mol. The van der Waals surface area contributed by atoms with E-state index in [-0.39, 0.29) is 30.1 Å². The number of carboxylic acid groups (broad SMARTS) is 1. The summed E-state index contributed by atoms with van der Waals surface area (Å²) < 4.78 is 13.5. The lowest BCUT2D eigenvalue weighted by atomic mass is 9.82. The van der Waals surface area contributed by atoms with E-state index >= 15 is 0 Å². The molecule has 0 saturated heterocycles. The lowest BCUT2D eigenvalue weighted by Gasteiger charge is -2.23. The molecule has 21 heavy (non-hydrogen) atoms. The number of carboxylic acids is 1. The molecule has 1 amide bonds. The summed E-state index contributed by atoms with van der Waals surface area (Å²) in [5.74, 6) is -2.90. The Hall–Kier alpha value is -2.17. The maximum atomic E-state index is 13.5. The molecular weight excluding hydrogens is 273 g/mol. The minimum atomic E-state index is -0.933. The molecule has 0 aromatic heterocycles. The van der Waals surface area contributed by atoms with Crippen molar-refractivity contribution in [1.82, 2.24) is 5.32 Å². The molecule has 110 valence electrons. The Kier molecular flexibility index (Phi) is 3.49. The van der Waals surface area contributed by atoms with Gasteiger partial charge in [0.25, 0.3) is 0 Å². The van der Waals surface area contributed by atoms with Gasteiger partial charge in [0.2, 0.25) is 5.91 Å². The van der Waals surface area contributed by atoms with Crippen molar-refractivity contribution in [2.45, 2.75) is 13.0 Å². The van der Waals surface area contributed by atoms with Crippen molar-refractivity contribution in [3.63, 3.8) is 0 Å². The Bertz CT molecular complexity index is 613. The molecule has 1 aromatic carbocycles. The van der Waals surface area contributed by atoms with Crippen LogP contribution in [0.2, 0.25) is 0 Å². The second-order valence-corrected chi connectivity index (χ2v) is 5.65. The molecule has 1 aromatic rings. The molecule has 0 spiro atoms. The van der Waals surface area contributed by atoms with Gasteiger partial charge in [0.1, 0.15) is 5.82 Å². The van der Waals surface area contributed by atoms with E-state index in [0.29, 0.717) is 5.56 Å². The van der Waals surface area contributed by atoms with Crippen LogP contribution < -0.4 is 5.32 Å². The van der Waals surface area contributed by atoms with Gasteiger partial charge in [-0.05, 0) is 24.3 Å². The van der Waals surface area contributed by atoms with Crippen LogP contribution in [0, 0.1) is 29.5 Å². The Balaban J connectivity index is 1.69. The predicted octanol–water partition coefficient (Wildman–Crippen LogP) is 1.96. The minimum Gasteiger partial charge on any atom is -0.481 e. The topological polar surface area (TPSA) is 66.4 Å². The highest BCUT2D eigenvalue weighted by Gasteiger charge is 2.51. The van der Waals surface area contributed by atoms with Gasteiger partial charge in [0.05, 0.1) is 11.8 Å². The van der Waals surface area contributed by atoms with Gasteiger partial charge in [0, 0.05) is 12.1 Å². The molecule has 4 nitrogen and oxygen atoms in total. The van der Waals surface area contributed by atoms with Gasteiger partial charge in [0.15, 0.2) is 0 Å². The van der Waals surface area contributed by atoms with Crippen LogP contribution in [0.3, 0.4) is 0 Å². The van der Waals surface area contributed by atoms with Crippen molar-refractivity contribution < 1.29 is 19.1 Å². The van der Waals surface area contributed by atoms with E-state index in [4.69, 9.17) is 0 Å². The molecule has 1 saturated carbocycles. The van der Waals surface area contributed by atoms with E-state index in [1.165, 1.54) is 6.07 Å². The number of hydrogen-bond acceptors (Lipinski definition) is 2. The first kappa shape index (κ1) is 13.8. The largest absolute Gasteiger partial charge is 0.481 e. The van der Waals surface area contributed by atoms with Crippen LogP contribution in [-0.2, 0) is 16.1 Å². The number of nitrogens with one attached hydrogen (secondary N) is 1.